The number of ether oxygens (including phenoxy) is 1. The van der Waals surface area contributed by atoms with Crippen molar-refractivity contribution in [1.29, 1.82) is 0 Å². The smallest absolute Gasteiger partial charge is 0.119 e. The zero-order valence-electron chi connectivity index (χ0n) is 9.52. The molecule has 0 amide bonds. The quantitative estimate of drug-likeness (QED) is 0.521. The summed E-state index contributed by atoms with van der Waals surface area (Å²) in [4.78, 5) is 0. The summed E-state index contributed by atoms with van der Waals surface area (Å²) in [6.07, 6.45) is 7.15. The van der Waals surface area contributed by atoms with Crippen molar-refractivity contribution >= 4 is 6.08 Å². The molecule has 0 spiro atoms. The molecule has 0 aliphatic rings. The monoisotopic (exact) mass is 212 g/mol. The van der Waals surface area contributed by atoms with E-state index in [1.165, 1.54) is 0 Å². The van der Waals surface area contributed by atoms with Crippen LogP contribution in [0.1, 0.15) is 12.5 Å². The lowest BCUT2D eigenvalue weighted by atomic mass is 10.2. The van der Waals surface area contributed by atoms with Crippen molar-refractivity contribution in [3.05, 3.63) is 78.8 Å². The van der Waals surface area contributed by atoms with Crippen molar-refractivity contribution in [3.63, 3.8) is 0 Å². The van der Waals surface area contributed by atoms with Gasteiger partial charge in [-0.05, 0) is 24.1 Å². The Morgan fingerprint density at radius 2 is 1.94 bits per heavy atom. The number of hydrogen-bond donors (Lipinski definition) is 0. The average Bonchev–Trinajstić information content (AvgIpc) is 2.34. The fraction of sp³-hybridized carbons (Fsp3) is 0.0667. The van der Waals surface area contributed by atoms with E-state index in [0.717, 1.165) is 11.1 Å². The predicted octanol–water partition coefficient (Wildman–Crippen LogP) is 4.32. The van der Waals surface area contributed by atoms with Crippen molar-refractivity contribution in [2.45, 2.75) is 6.92 Å². The van der Waals surface area contributed by atoms with Gasteiger partial charge in [-0.1, -0.05) is 55.6 Å². The molecule has 0 aromatic heterocycles. The summed E-state index contributed by atoms with van der Waals surface area (Å²) in [6.45, 7) is 9.34. The minimum absolute atomic E-state index is 0.602. The summed E-state index contributed by atoms with van der Waals surface area (Å²) in [5.41, 5.74) is 2.09. The zero-order valence-corrected chi connectivity index (χ0v) is 9.52. The van der Waals surface area contributed by atoms with Crippen molar-refractivity contribution in [2.75, 3.05) is 0 Å². The first-order valence-corrected chi connectivity index (χ1v) is 5.10. The molecule has 0 bridgehead atoms. The Kier molecular flexibility index (Phi) is 4.87. The Hall–Kier alpha value is -2.02. The molecule has 0 unspecified atom stereocenters. The molecule has 16 heavy (non-hydrogen) atoms. The summed E-state index contributed by atoms with van der Waals surface area (Å²) in [6, 6.07) is 10.0. The minimum atomic E-state index is 0.602. The molecule has 1 rings (SSSR count). The van der Waals surface area contributed by atoms with Crippen molar-refractivity contribution in [2.24, 2.45) is 0 Å². The summed E-state index contributed by atoms with van der Waals surface area (Å²) in [5.74, 6) is 0.602. The molecular weight excluding hydrogens is 196 g/mol. The van der Waals surface area contributed by atoms with Crippen LogP contribution in [0.25, 0.3) is 6.08 Å². The Morgan fingerprint density at radius 1 is 1.25 bits per heavy atom. The van der Waals surface area contributed by atoms with Crippen molar-refractivity contribution in [1.82, 2.24) is 0 Å². The molecule has 0 fully saturated rings. The van der Waals surface area contributed by atoms with Gasteiger partial charge in [-0.3, -0.25) is 0 Å². The van der Waals surface area contributed by atoms with E-state index >= 15 is 0 Å². The lowest BCUT2D eigenvalue weighted by Gasteiger charge is -1.99. The van der Waals surface area contributed by atoms with Gasteiger partial charge in [-0.2, -0.15) is 0 Å². The Balaban J connectivity index is 2.52. The third kappa shape index (κ3) is 4.47. The summed E-state index contributed by atoms with van der Waals surface area (Å²) < 4.78 is 5.30. The second-order valence-electron chi connectivity index (χ2n) is 3.39. The molecule has 0 radical (unpaired) electrons. The lowest BCUT2D eigenvalue weighted by Crippen LogP contribution is -1.79. The molecule has 0 saturated carbocycles. The largest absolute Gasteiger partial charge is 0.465 e. The molecule has 82 valence electrons. The third-order valence-electron chi connectivity index (χ3n) is 1.98. The van der Waals surface area contributed by atoms with Gasteiger partial charge in [0.1, 0.15) is 5.76 Å². The van der Waals surface area contributed by atoms with Crippen LogP contribution < -0.4 is 0 Å². The van der Waals surface area contributed by atoms with E-state index in [-0.39, 0.29) is 0 Å². The van der Waals surface area contributed by atoms with Gasteiger partial charge >= 0.3 is 0 Å². The highest BCUT2D eigenvalue weighted by Crippen LogP contribution is 2.06. The molecule has 1 heteroatoms. The highest BCUT2D eigenvalue weighted by atomic mass is 16.5. The van der Waals surface area contributed by atoms with E-state index in [0.29, 0.717) is 5.76 Å². The Morgan fingerprint density at radius 3 is 2.56 bits per heavy atom. The second-order valence-corrected chi connectivity index (χ2v) is 3.39. The maximum Gasteiger partial charge on any atom is 0.119 e. The molecule has 1 nitrogen and oxygen atoms in total. The molecule has 1 aromatic carbocycles. The highest BCUT2D eigenvalue weighted by molar-refractivity contribution is 5.51. The van der Waals surface area contributed by atoms with Crippen LogP contribution in [0.15, 0.2) is 73.2 Å². The summed E-state index contributed by atoms with van der Waals surface area (Å²) in [7, 11) is 0. The average molecular weight is 212 g/mol. The molecule has 1 aromatic rings. The number of allylic oxidation sites excluding steroid dienone is 3. The SMILES string of the molecule is C=C/C(C)=C/OC(=C)/C=C/c1ccccc1. The molecule has 0 N–H and O–H groups in total. The predicted molar refractivity (Wildman–Crippen MR) is 69.7 cm³/mol. The molecule has 0 aliphatic heterocycles. The van der Waals surface area contributed by atoms with E-state index in [1.54, 1.807) is 12.3 Å². The van der Waals surface area contributed by atoms with Crippen LogP contribution in [-0.4, -0.2) is 0 Å². The van der Waals surface area contributed by atoms with Crippen molar-refractivity contribution in [3.8, 4) is 0 Å². The first kappa shape index (κ1) is 12.1. The molecular formula is C15H16O. The van der Waals surface area contributed by atoms with Crippen LogP contribution in [-0.2, 0) is 4.74 Å². The lowest BCUT2D eigenvalue weighted by molar-refractivity contribution is 0.368. The van der Waals surface area contributed by atoms with E-state index in [4.69, 9.17) is 4.74 Å². The van der Waals surface area contributed by atoms with E-state index in [9.17, 15) is 0 Å². The molecule has 0 heterocycles. The van der Waals surface area contributed by atoms with Gasteiger partial charge in [-0.25, -0.2) is 0 Å². The number of benzene rings is 1. The molecule has 0 saturated heterocycles. The van der Waals surface area contributed by atoms with E-state index in [1.807, 2.05) is 49.4 Å². The first-order chi connectivity index (χ1) is 7.72. The van der Waals surface area contributed by atoms with Gasteiger partial charge in [-0.15, -0.1) is 0 Å². The van der Waals surface area contributed by atoms with Crippen molar-refractivity contribution < 1.29 is 4.74 Å². The molecule has 0 atom stereocenters. The van der Waals surface area contributed by atoms with Gasteiger partial charge in [0.25, 0.3) is 0 Å². The first-order valence-electron chi connectivity index (χ1n) is 5.10. The van der Waals surface area contributed by atoms with Gasteiger partial charge in [0.2, 0.25) is 0 Å². The Bertz CT molecular complexity index is 410. The highest BCUT2D eigenvalue weighted by Gasteiger charge is 1.87. The second kappa shape index (κ2) is 6.46. The maximum absolute atomic E-state index is 5.30. The van der Waals surface area contributed by atoms with Crippen LogP contribution in [0.4, 0.5) is 0 Å². The fourth-order valence-corrected chi connectivity index (χ4v) is 1.01. The van der Waals surface area contributed by atoms with Gasteiger partial charge in [0, 0.05) is 0 Å². The topological polar surface area (TPSA) is 9.23 Å². The third-order valence-corrected chi connectivity index (χ3v) is 1.98. The summed E-state index contributed by atoms with van der Waals surface area (Å²) >= 11 is 0. The fourth-order valence-electron chi connectivity index (χ4n) is 1.01. The van der Waals surface area contributed by atoms with Gasteiger partial charge in [0.15, 0.2) is 0 Å². The minimum Gasteiger partial charge on any atom is -0.465 e. The summed E-state index contributed by atoms with van der Waals surface area (Å²) in [5, 5.41) is 0. The van der Waals surface area contributed by atoms with E-state index in [2.05, 4.69) is 13.2 Å². The van der Waals surface area contributed by atoms with Crippen LogP contribution >= 0.6 is 0 Å². The van der Waals surface area contributed by atoms with Gasteiger partial charge in [0.05, 0.1) is 6.26 Å². The number of rotatable bonds is 5. The maximum atomic E-state index is 5.30. The van der Waals surface area contributed by atoms with Gasteiger partial charge < -0.3 is 4.74 Å². The standard InChI is InChI=1S/C15H16O/c1-4-13(2)12-16-14(3)10-11-15-8-6-5-7-9-15/h4-12H,1,3H2,2H3/b11-10+,13-12+. The molecule has 0 aliphatic carbocycles. The number of hydrogen-bond acceptors (Lipinski definition) is 1. The van der Waals surface area contributed by atoms with E-state index < -0.39 is 0 Å². The van der Waals surface area contributed by atoms with Crippen LogP contribution in [0, 0.1) is 0 Å². The van der Waals surface area contributed by atoms with Crippen LogP contribution in [0.3, 0.4) is 0 Å². The van der Waals surface area contributed by atoms with Crippen LogP contribution in [0.5, 0.6) is 0 Å². The Labute approximate surface area is 97.1 Å². The van der Waals surface area contributed by atoms with Crippen LogP contribution in [0.2, 0.25) is 0 Å². The normalized spacial score (nSPS) is 11.4. The zero-order chi connectivity index (χ0) is 11.8.